The zero-order valence-electron chi connectivity index (χ0n) is 11.2. The predicted molar refractivity (Wildman–Crippen MR) is 74.5 cm³/mol. The minimum atomic E-state index is 0.151. The fraction of sp³-hybridized carbons (Fsp3) is 0.538. The Morgan fingerprint density at radius 3 is 2.78 bits per heavy atom. The first-order valence-electron chi connectivity index (χ1n) is 6.03. The highest BCUT2D eigenvalue weighted by Crippen LogP contribution is 2.33. The summed E-state index contributed by atoms with van der Waals surface area (Å²) in [7, 11) is 3.58. The van der Waals surface area contributed by atoms with Crippen LogP contribution in [0.5, 0.6) is 11.5 Å². The number of rotatable bonds is 7. The van der Waals surface area contributed by atoms with Crippen LogP contribution in [0.3, 0.4) is 0 Å². The van der Waals surface area contributed by atoms with Gasteiger partial charge in [-0.3, -0.25) is 0 Å². The van der Waals surface area contributed by atoms with E-state index >= 15 is 0 Å². The maximum absolute atomic E-state index is 9.93. The zero-order chi connectivity index (χ0) is 13.5. The summed E-state index contributed by atoms with van der Waals surface area (Å²) in [5, 5.41) is 13.8. The minimum Gasteiger partial charge on any atom is -0.504 e. The number of hydrogen-bond donors (Lipinski definition) is 2. The summed E-state index contributed by atoms with van der Waals surface area (Å²) in [4.78, 5) is 2.21. The van der Waals surface area contributed by atoms with E-state index in [-0.39, 0.29) is 5.75 Å². The van der Waals surface area contributed by atoms with Gasteiger partial charge in [0.15, 0.2) is 11.5 Å². The van der Waals surface area contributed by atoms with Crippen molar-refractivity contribution < 1.29 is 9.84 Å². The second-order valence-electron chi connectivity index (χ2n) is 4.19. The molecule has 0 aliphatic rings. The molecular formula is C13H21ClN2O2. The highest BCUT2D eigenvalue weighted by Gasteiger charge is 2.09. The van der Waals surface area contributed by atoms with Gasteiger partial charge < -0.3 is 20.1 Å². The molecule has 0 saturated carbocycles. The third-order valence-corrected chi connectivity index (χ3v) is 3.08. The molecular weight excluding hydrogens is 252 g/mol. The fourth-order valence-corrected chi connectivity index (χ4v) is 1.80. The van der Waals surface area contributed by atoms with Crippen molar-refractivity contribution in [3.8, 4) is 11.5 Å². The molecule has 0 spiro atoms. The van der Waals surface area contributed by atoms with E-state index in [2.05, 4.69) is 24.2 Å². The van der Waals surface area contributed by atoms with Crippen LogP contribution in [0.15, 0.2) is 12.1 Å². The highest BCUT2D eigenvalue weighted by molar-refractivity contribution is 6.30. The largest absolute Gasteiger partial charge is 0.504 e. The van der Waals surface area contributed by atoms with Gasteiger partial charge in [0.2, 0.25) is 0 Å². The Hall–Kier alpha value is -0.970. The van der Waals surface area contributed by atoms with Crippen LogP contribution in [0.25, 0.3) is 0 Å². The molecule has 1 aromatic carbocycles. The zero-order valence-corrected chi connectivity index (χ0v) is 11.9. The molecule has 18 heavy (non-hydrogen) atoms. The van der Waals surface area contributed by atoms with Crippen molar-refractivity contribution in [1.29, 1.82) is 0 Å². The molecule has 4 nitrogen and oxygen atoms in total. The van der Waals surface area contributed by atoms with Gasteiger partial charge in [-0.1, -0.05) is 18.5 Å². The van der Waals surface area contributed by atoms with Crippen molar-refractivity contribution in [2.75, 3.05) is 33.8 Å². The lowest BCUT2D eigenvalue weighted by Crippen LogP contribution is -2.28. The summed E-state index contributed by atoms with van der Waals surface area (Å²) in [6.45, 7) is 5.54. The summed E-state index contributed by atoms with van der Waals surface area (Å²) in [6.07, 6.45) is 0. The average Bonchev–Trinajstić information content (AvgIpc) is 2.37. The molecule has 2 N–H and O–H groups in total. The van der Waals surface area contributed by atoms with E-state index in [4.69, 9.17) is 16.3 Å². The lowest BCUT2D eigenvalue weighted by atomic mass is 10.2. The van der Waals surface area contributed by atoms with Crippen molar-refractivity contribution in [3.63, 3.8) is 0 Å². The molecule has 0 aromatic heterocycles. The number of aromatic hydroxyl groups is 1. The quantitative estimate of drug-likeness (QED) is 0.746. The molecule has 0 amide bonds. The molecule has 0 unspecified atom stereocenters. The van der Waals surface area contributed by atoms with Crippen LogP contribution in [0.4, 0.5) is 0 Å². The monoisotopic (exact) mass is 272 g/mol. The van der Waals surface area contributed by atoms with Gasteiger partial charge in [-0.2, -0.15) is 0 Å². The number of nitrogens with zero attached hydrogens (tertiary/aromatic N) is 1. The smallest absolute Gasteiger partial charge is 0.162 e. The van der Waals surface area contributed by atoms with Gasteiger partial charge in [-0.05, 0) is 19.7 Å². The Morgan fingerprint density at radius 1 is 1.44 bits per heavy atom. The van der Waals surface area contributed by atoms with Crippen molar-refractivity contribution in [2.24, 2.45) is 0 Å². The number of hydrogen-bond acceptors (Lipinski definition) is 4. The van der Waals surface area contributed by atoms with Crippen molar-refractivity contribution >= 4 is 11.6 Å². The topological polar surface area (TPSA) is 44.7 Å². The van der Waals surface area contributed by atoms with Crippen molar-refractivity contribution in [2.45, 2.75) is 13.5 Å². The molecule has 1 aromatic rings. The first-order chi connectivity index (χ1) is 8.58. The third-order valence-electron chi connectivity index (χ3n) is 2.86. The molecule has 0 bridgehead atoms. The van der Waals surface area contributed by atoms with Crippen LogP contribution in [0.2, 0.25) is 5.02 Å². The summed E-state index contributed by atoms with van der Waals surface area (Å²) < 4.78 is 5.06. The SMILES string of the molecule is CCN(C)CCNCc1cc(Cl)cc(OC)c1O. The Morgan fingerprint density at radius 2 is 2.17 bits per heavy atom. The molecule has 0 atom stereocenters. The van der Waals surface area contributed by atoms with E-state index in [0.717, 1.165) is 25.2 Å². The summed E-state index contributed by atoms with van der Waals surface area (Å²) >= 11 is 5.96. The van der Waals surface area contributed by atoms with Gasteiger partial charge in [0, 0.05) is 36.3 Å². The number of nitrogens with one attached hydrogen (secondary N) is 1. The number of halogens is 1. The molecule has 0 saturated heterocycles. The number of benzene rings is 1. The second-order valence-corrected chi connectivity index (χ2v) is 4.62. The first kappa shape index (κ1) is 15.1. The predicted octanol–water partition coefficient (Wildman–Crippen LogP) is 2.10. The van der Waals surface area contributed by atoms with E-state index in [1.807, 2.05) is 0 Å². The molecule has 1 rings (SSSR count). The lowest BCUT2D eigenvalue weighted by molar-refractivity contribution is 0.346. The number of likely N-dealkylation sites (N-methyl/N-ethyl adjacent to an activating group) is 1. The maximum Gasteiger partial charge on any atom is 0.162 e. The van der Waals surface area contributed by atoms with E-state index < -0.39 is 0 Å². The normalized spacial score (nSPS) is 10.9. The van der Waals surface area contributed by atoms with Gasteiger partial charge in [-0.15, -0.1) is 0 Å². The van der Waals surface area contributed by atoms with E-state index in [9.17, 15) is 5.11 Å². The van der Waals surface area contributed by atoms with Gasteiger partial charge >= 0.3 is 0 Å². The molecule has 0 fully saturated rings. The third kappa shape index (κ3) is 4.37. The van der Waals surface area contributed by atoms with Gasteiger partial charge in [-0.25, -0.2) is 0 Å². The van der Waals surface area contributed by atoms with Crippen LogP contribution in [0, 0.1) is 0 Å². The second kappa shape index (κ2) is 7.46. The molecule has 102 valence electrons. The summed E-state index contributed by atoms with van der Waals surface area (Å²) in [6, 6.07) is 3.35. The molecule has 0 aliphatic carbocycles. The Labute approximate surface area is 114 Å². The van der Waals surface area contributed by atoms with Crippen molar-refractivity contribution in [3.05, 3.63) is 22.7 Å². The number of phenolic OH excluding ortho intramolecular Hbond substituents is 1. The van der Waals surface area contributed by atoms with E-state index in [1.165, 1.54) is 7.11 Å². The molecule has 5 heteroatoms. The fourth-order valence-electron chi connectivity index (χ4n) is 1.57. The number of methoxy groups -OCH3 is 1. The highest BCUT2D eigenvalue weighted by atomic mass is 35.5. The molecule has 0 aliphatic heterocycles. The van der Waals surface area contributed by atoms with Gasteiger partial charge in [0.05, 0.1) is 7.11 Å². The van der Waals surface area contributed by atoms with Gasteiger partial charge in [0.25, 0.3) is 0 Å². The number of ether oxygens (including phenoxy) is 1. The van der Waals surface area contributed by atoms with Crippen LogP contribution >= 0.6 is 11.6 Å². The van der Waals surface area contributed by atoms with Crippen molar-refractivity contribution in [1.82, 2.24) is 10.2 Å². The Kier molecular flexibility index (Phi) is 6.25. The summed E-state index contributed by atoms with van der Waals surface area (Å²) in [5.41, 5.74) is 0.749. The van der Waals surface area contributed by atoms with E-state index in [0.29, 0.717) is 17.3 Å². The van der Waals surface area contributed by atoms with Crippen LogP contribution in [-0.2, 0) is 6.54 Å². The standard InChI is InChI=1S/C13H21ClN2O2/c1-4-16(2)6-5-15-9-10-7-11(14)8-12(18-3)13(10)17/h7-8,15,17H,4-6,9H2,1-3H3. The van der Waals surface area contributed by atoms with Crippen LogP contribution < -0.4 is 10.1 Å². The van der Waals surface area contributed by atoms with Crippen LogP contribution in [0.1, 0.15) is 12.5 Å². The molecule has 0 heterocycles. The Bertz CT molecular complexity index is 385. The maximum atomic E-state index is 9.93. The van der Waals surface area contributed by atoms with Gasteiger partial charge in [0.1, 0.15) is 0 Å². The summed E-state index contributed by atoms with van der Waals surface area (Å²) in [5.74, 6) is 0.559. The number of phenols is 1. The first-order valence-corrected chi connectivity index (χ1v) is 6.41. The molecule has 0 radical (unpaired) electrons. The average molecular weight is 273 g/mol. The Balaban J connectivity index is 2.54. The minimum absolute atomic E-state index is 0.151. The lowest BCUT2D eigenvalue weighted by Gasteiger charge is -2.15. The van der Waals surface area contributed by atoms with E-state index in [1.54, 1.807) is 12.1 Å². The van der Waals surface area contributed by atoms with Crippen LogP contribution in [-0.4, -0.2) is 43.8 Å².